The third kappa shape index (κ3) is 2.04. The number of ether oxygens (including phenoxy) is 1. The van der Waals surface area contributed by atoms with Crippen LogP contribution in [-0.2, 0) is 0 Å². The lowest BCUT2D eigenvalue weighted by Gasteiger charge is -2.08. The van der Waals surface area contributed by atoms with Crippen LogP contribution in [-0.4, -0.2) is 17.7 Å². The van der Waals surface area contributed by atoms with Gasteiger partial charge >= 0.3 is 5.97 Å². The molecule has 0 saturated heterocycles. The zero-order valence-electron chi connectivity index (χ0n) is 7.38. The normalized spacial score (nSPS) is 9.93. The quantitative estimate of drug-likeness (QED) is 0.911. The third-order valence-corrected chi connectivity index (χ3v) is 2.19. The van der Waals surface area contributed by atoms with E-state index >= 15 is 0 Å². The van der Waals surface area contributed by atoms with Crippen LogP contribution in [0.5, 0.6) is 5.75 Å². The summed E-state index contributed by atoms with van der Waals surface area (Å²) in [6.07, 6.45) is 0. The van der Waals surface area contributed by atoms with Gasteiger partial charge in [0.05, 0.1) is 16.6 Å². The predicted molar refractivity (Wildman–Crippen MR) is 52.2 cm³/mol. The lowest BCUT2D eigenvalue weighted by Crippen LogP contribution is -2.04. The zero-order valence-corrected chi connectivity index (χ0v) is 8.97. The first-order valence-corrected chi connectivity index (χ1v) is 4.71. The van der Waals surface area contributed by atoms with E-state index in [0.29, 0.717) is 4.47 Å². The molecule has 1 N–H and O–H groups in total. The van der Waals surface area contributed by atoms with E-state index in [1.807, 2.05) is 0 Å². The first-order chi connectivity index (χ1) is 6.57. The van der Waals surface area contributed by atoms with Crippen LogP contribution >= 0.6 is 15.9 Å². The molecule has 1 aromatic rings. The zero-order chi connectivity index (χ0) is 10.7. The molecule has 0 aromatic heterocycles. The van der Waals surface area contributed by atoms with E-state index in [0.717, 1.165) is 0 Å². The van der Waals surface area contributed by atoms with Crippen molar-refractivity contribution in [3.05, 3.63) is 28.0 Å². The van der Waals surface area contributed by atoms with E-state index in [1.54, 1.807) is 6.92 Å². The highest BCUT2D eigenvalue weighted by Gasteiger charge is 2.17. The smallest absolute Gasteiger partial charge is 0.338 e. The number of rotatable bonds is 3. The molecule has 76 valence electrons. The molecule has 0 fully saturated rings. The van der Waals surface area contributed by atoms with Gasteiger partial charge in [-0.25, -0.2) is 9.18 Å². The predicted octanol–water partition coefficient (Wildman–Crippen LogP) is 2.69. The van der Waals surface area contributed by atoms with Gasteiger partial charge in [-0.15, -0.1) is 0 Å². The van der Waals surface area contributed by atoms with Crippen molar-refractivity contribution in [3.8, 4) is 5.75 Å². The molecule has 3 nitrogen and oxygen atoms in total. The Hall–Kier alpha value is -1.10. The van der Waals surface area contributed by atoms with Gasteiger partial charge in [-0.3, -0.25) is 0 Å². The number of benzene rings is 1. The Balaban J connectivity index is 3.26. The monoisotopic (exact) mass is 262 g/mol. The summed E-state index contributed by atoms with van der Waals surface area (Å²) in [4.78, 5) is 10.6. The van der Waals surface area contributed by atoms with Gasteiger partial charge in [-0.1, -0.05) is 0 Å². The van der Waals surface area contributed by atoms with Crippen LogP contribution in [0, 0.1) is 5.82 Å². The molecule has 0 bridgehead atoms. The molecule has 0 aliphatic rings. The number of carboxylic acid groups (broad SMARTS) is 1. The minimum absolute atomic E-state index is 0.0626. The summed E-state index contributed by atoms with van der Waals surface area (Å²) in [5.41, 5.74) is -0.392. The van der Waals surface area contributed by atoms with E-state index in [1.165, 1.54) is 12.1 Å². The third-order valence-electron chi connectivity index (χ3n) is 1.57. The van der Waals surface area contributed by atoms with Crippen LogP contribution in [0.2, 0.25) is 0 Å². The maximum absolute atomic E-state index is 13.4. The van der Waals surface area contributed by atoms with Gasteiger partial charge in [-0.2, -0.15) is 0 Å². The van der Waals surface area contributed by atoms with Gasteiger partial charge in [0, 0.05) is 0 Å². The minimum atomic E-state index is -1.31. The van der Waals surface area contributed by atoms with Gasteiger partial charge in [0.25, 0.3) is 0 Å². The fraction of sp³-hybridized carbons (Fsp3) is 0.222. The van der Waals surface area contributed by atoms with Gasteiger partial charge in [-0.05, 0) is 35.0 Å². The van der Waals surface area contributed by atoms with Crippen molar-refractivity contribution in [3.63, 3.8) is 0 Å². The Morgan fingerprint density at radius 3 is 2.79 bits per heavy atom. The Morgan fingerprint density at radius 1 is 1.64 bits per heavy atom. The van der Waals surface area contributed by atoms with Gasteiger partial charge < -0.3 is 9.84 Å². The molecule has 0 radical (unpaired) electrons. The lowest BCUT2D eigenvalue weighted by molar-refractivity contribution is 0.0690. The van der Waals surface area contributed by atoms with E-state index in [9.17, 15) is 9.18 Å². The number of carbonyl (C=O) groups is 1. The largest absolute Gasteiger partial charge is 0.490 e. The first kappa shape index (κ1) is 11.0. The van der Waals surface area contributed by atoms with Crippen LogP contribution in [0.25, 0.3) is 0 Å². The Bertz CT molecular complexity index is 365. The fourth-order valence-corrected chi connectivity index (χ4v) is 1.39. The molecule has 0 aliphatic carbocycles. The van der Waals surface area contributed by atoms with Gasteiger partial charge in [0.15, 0.2) is 11.6 Å². The number of hydrogen-bond donors (Lipinski definition) is 1. The molecule has 1 aromatic carbocycles. The van der Waals surface area contributed by atoms with E-state index in [4.69, 9.17) is 9.84 Å². The molecule has 0 spiro atoms. The highest BCUT2D eigenvalue weighted by atomic mass is 79.9. The molecule has 0 saturated carbocycles. The van der Waals surface area contributed by atoms with Gasteiger partial charge in [0.2, 0.25) is 0 Å². The van der Waals surface area contributed by atoms with Crippen LogP contribution < -0.4 is 4.74 Å². The standard InChI is InChI=1S/C9H8BrFO3/c1-2-14-8-6(10)4-3-5(7(8)11)9(12)13/h3-4H,2H2,1H3,(H,12,13). The van der Waals surface area contributed by atoms with Crippen LogP contribution in [0.4, 0.5) is 4.39 Å². The SMILES string of the molecule is CCOc1c(Br)ccc(C(=O)O)c1F. The first-order valence-electron chi connectivity index (χ1n) is 3.92. The summed E-state index contributed by atoms with van der Waals surface area (Å²) >= 11 is 3.07. The number of aromatic carboxylic acids is 1. The number of halogens is 2. The van der Waals surface area contributed by atoms with Crippen molar-refractivity contribution in [2.24, 2.45) is 0 Å². The van der Waals surface area contributed by atoms with Crippen molar-refractivity contribution in [2.45, 2.75) is 6.92 Å². The molecular weight excluding hydrogens is 255 g/mol. The maximum Gasteiger partial charge on any atom is 0.338 e. The molecule has 0 amide bonds. The van der Waals surface area contributed by atoms with Crippen molar-refractivity contribution in [1.82, 2.24) is 0 Å². The summed E-state index contributed by atoms with van der Waals surface area (Å²) < 4.78 is 18.8. The van der Waals surface area contributed by atoms with Crippen molar-refractivity contribution in [1.29, 1.82) is 0 Å². The fourth-order valence-electron chi connectivity index (χ4n) is 0.974. The second kappa shape index (κ2) is 4.41. The lowest BCUT2D eigenvalue weighted by atomic mass is 10.2. The maximum atomic E-state index is 13.4. The average molecular weight is 263 g/mol. The van der Waals surface area contributed by atoms with Crippen molar-refractivity contribution >= 4 is 21.9 Å². The number of carboxylic acids is 1. The van der Waals surface area contributed by atoms with Crippen LogP contribution in [0.3, 0.4) is 0 Å². The van der Waals surface area contributed by atoms with E-state index in [-0.39, 0.29) is 12.4 Å². The molecule has 0 aliphatic heterocycles. The van der Waals surface area contributed by atoms with Gasteiger partial charge in [0.1, 0.15) is 0 Å². The average Bonchev–Trinajstić information content (AvgIpc) is 2.11. The van der Waals surface area contributed by atoms with E-state index < -0.39 is 17.3 Å². The molecular formula is C9H8BrFO3. The topological polar surface area (TPSA) is 46.5 Å². The minimum Gasteiger partial charge on any atom is -0.490 e. The Kier molecular flexibility index (Phi) is 3.46. The molecule has 1 rings (SSSR count). The molecule has 5 heteroatoms. The van der Waals surface area contributed by atoms with Crippen molar-refractivity contribution < 1.29 is 19.0 Å². The molecule has 0 heterocycles. The second-order valence-electron chi connectivity index (χ2n) is 2.48. The Morgan fingerprint density at radius 2 is 2.29 bits per heavy atom. The summed E-state index contributed by atoms with van der Waals surface area (Å²) in [5, 5.41) is 8.64. The summed E-state index contributed by atoms with van der Waals surface area (Å²) in [6.45, 7) is 1.97. The number of hydrogen-bond acceptors (Lipinski definition) is 2. The molecule has 0 unspecified atom stereocenters. The van der Waals surface area contributed by atoms with Crippen LogP contribution in [0.1, 0.15) is 17.3 Å². The molecule has 0 atom stereocenters. The summed E-state index contributed by atoms with van der Waals surface area (Å²) in [6, 6.07) is 2.63. The van der Waals surface area contributed by atoms with Crippen molar-refractivity contribution in [2.75, 3.05) is 6.61 Å². The highest BCUT2D eigenvalue weighted by molar-refractivity contribution is 9.10. The molecule has 14 heavy (non-hydrogen) atoms. The summed E-state index contributed by atoms with van der Waals surface area (Å²) in [7, 11) is 0. The Labute approximate surface area is 88.6 Å². The summed E-state index contributed by atoms with van der Waals surface area (Å²) in [5.74, 6) is -2.22. The van der Waals surface area contributed by atoms with E-state index in [2.05, 4.69) is 15.9 Å². The highest BCUT2D eigenvalue weighted by Crippen LogP contribution is 2.30. The second-order valence-corrected chi connectivity index (χ2v) is 3.33. The van der Waals surface area contributed by atoms with Crippen LogP contribution in [0.15, 0.2) is 16.6 Å².